The summed E-state index contributed by atoms with van der Waals surface area (Å²) < 4.78 is 0. The second-order valence-electron chi connectivity index (χ2n) is 8.79. The van der Waals surface area contributed by atoms with Crippen molar-refractivity contribution in [1.82, 2.24) is 9.88 Å². The Morgan fingerprint density at radius 3 is 2.32 bits per heavy atom. The molecule has 5 heteroatoms. The Bertz CT molecular complexity index is 1330. The third kappa shape index (κ3) is 4.26. The topological polar surface area (TPSA) is 36.4 Å². The number of anilines is 1. The lowest BCUT2D eigenvalue weighted by Crippen LogP contribution is -2.48. The molecule has 0 radical (unpaired) electrons. The van der Waals surface area contributed by atoms with Gasteiger partial charge in [-0.3, -0.25) is 4.79 Å². The van der Waals surface area contributed by atoms with Crippen LogP contribution in [-0.4, -0.2) is 42.0 Å². The van der Waals surface area contributed by atoms with Crippen molar-refractivity contribution in [2.45, 2.75) is 20.3 Å². The van der Waals surface area contributed by atoms with Crippen LogP contribution in [0.4, 0.5) is 5.69 Å². The Labute approximate surface area is 205 Å². The van der Waals surface area contributed by atoms with Gasteiger partial charge >= 0.3 is 0 Å². The van der Waals surface area contributed by atoms with E-state index in [1.165, 1.54) is 11.3 Å². The number of nitrogens with zero attached hydrogens (tertiary/aromatic N) is 3. The summed E-state index contributed by atoms with van der Waals surface area (Å²) >= 11 is 6.44. The molecule has 0 aliphatic carbocycles. The number of halogens is 1. The van der Waals surface area contributed by atoms with Crippen LogP contribution in [0.3, 0.4) is 0 Å². The van der Waals surface area contributed by atoms with Crippen LogP contribution in [0.5, 0.6) is 0 Å². The maximum Gasteiger partial charge on any atom is 0.254 e. The molecule has 1 fully saturated rings. The third-order valence-corrected chi connectivity index (χ3v) is 7.15. The number of pyridine rings is 1. The van der Waals surface area contributed by atoms with Crippen LogP contribution in [0.15, 0.2) is 72.8 Å². The van der Waals surface area contributed by atoms with Gasteiger partial charge in [-0.25, -0.2) is 4.98 Å². The first kappa shape index (κ1) is 22.4. The number of aromatic nitrogens is 1. The Balaban J connectivity index is 1.50. The number of carbonyl (C=O) groups is 1. The molecular weight excluding hydrogens is 442 g/mol. The van der Waals surface area contributed by atoms with E-state index in [0.717, 1.165) is 47.2 Å². The Morgan fingerprint density at radius 2 is 1.65 bits per heavy atom. The van der Waals surface area contributed by atoms with Crippen molar-refractivity contribution in [2.24, 2.45) is 0 Å². The normalized spacial score (nSPS) is 14.0. The average Bonchev–Trinajstić information content (AvgIpc) is 2.90. The van der Waals surface area contributed by atoms with E-state index in [2.05, 4.69) is 60.4 Å². The summed E-state index contributed by atoms with van der Waals surface area (Å²) in [7, 11) is 0. The number of piperazine rings is 1. The number of benzene rings is 3. The lowest BCUT2D eigenvalue weighted by atomic mass is 10.00. The zero-order valence-corrected chi connectivity index (χ0v) is 20.3. The molecule has 1 aliphatic rings. The number of rotatable bonds is 4. The minimum Gasteiger partial charge on any atom is -0.368 e. The molecule has 0 atom stereocenters. The number of aryl methyl sites for hydroxylation is 2. The minimum absolute atomic E-state index is 0.0493. The molecular formula is C29H28ClN3O. The fourth-order valence-corrected chi connectivity index (χ4v) is 4.77. The number of hydrogen-bond acceptors (Lipinski definition) is 3. The molecule has 3 aromatic carbocycles. The molecule has 4 aromatic rings. The van der Waals surface area contributed by atoms with Crippen molar-refractivity contribution in [3.63, 3.8) is 0 Å². The van der Waals surface area contributed by atoms with E-state index in [0.29, 0.717) is 23.7 Å². The molecule has 5 rings (SSSR count). The van der Waals surface area contributed by atoms with Crippen LogP contribution in [0.25, 0.3) is 22.2 Å². The lowest BCUT2D eigenvalue weighted by Gasteiger charge is -2.36. The molecule has 1 aliphatic heterocycles. The number of amides is 1. The van der Waals surface area contributed by atoms with E-state index >= 15 is 0 Å². The molecule has 34 heavy (non-hydrogen) atoms. The molecule has 0 unspecified atom stereocenters. The number of hydrogen-bond donors (Lipinski definition) is 0. The number of fused-ring (bicyclic) bond motifs is 1. The van der Waals surface area contributed by atoms with Crippen LogP contribution < -0.4 is 4.90 Å². The predicted molar refractivity (Wildman–Crippen MR) is 141 cm³/mol. The first-order valence-electron chi connectivity index (χ1n) is 11.8. The van der Waals surface area contributed by atoms with E-state index in [-0.39, 0.29) is 5.91 Å². The smallest absolute Gasteiger partial charge is 0.254 e. The van der Waals surface area contributed by atoms with Gasteiger partial charge in [0, 0.05) is 47.8 Å². The largest absolute Gasteiger partial charge is 0.368 e. The Morgan fingerprint density at radius 1 is 0.941 bits per heavy atom. The summed E-state index contributed by atoms with van der Waals surface area (Å²) in [5.74, 6) is 0.0493. The zero-order chi connectivity index (χ0) is 23.7. The lowest BCUT2D eigenvalue weighted by molar-refractivity contribution is 0.0748. The highest BCUT2D eigenvalue weighted by molar-refractivity contribution is 6.32. The van der Waals surface area contributed by atoms with Gasteiger partial charge in [0.05, 0.1) is 16.8 Å². The quantitative estimate of drug-likeness (QED) is 0.347. The van der Waals surface area contributed by atoms with Gasteiger partial charge in [0.25, 0.3) is 5.91 Å². The molecule has 1 aromatic heterocycles. The molecule has 1 amide bonds. The second kappa shape index (κ2) is 9.47. The summed E-state index contributed by atoms with van der Waals surface area (Å²) in [4.78, 5) is 23.0. The van der Waals surface area contributed by atoms with Crippen LogP contribution in [0, 0.1) is 6.92 Å². The summed E-state index contributed by atoms with van der Waals surface area (Å²) in [6, 6.07) is 24.5. The summed E-state index contributed by atoms with van der Waals surface area (Å²) in [6.07, 6.45) is 0.985. The molecule has 0 spiro atoms. The van der Waals surface area contributed by atoms with Gasteiger partial charge in [-0.2, -0.15) is 0 Å². The van der Waals surface area contributed by atoms with E-state index in [9.17, 15) is 4.79 Å². The average molecular weight is 470 g/mol. The van der Waals surface area contributed by atoms with E-state index in [4.69, 9.17) is 16.6 Å². The molecule has 4 nitrogen and oxygen atoms in total. The van der Waals surface area contributed by atoms with Gasteiger partial charge < -0.3 is 9.80 Å². The van der Waals surface area contributed by atoms with Gasteiger partial charge in [-0.05, 0) is 48.7 Å². The summed E-state index contributed by atoms with van der Waals surface area (Å²) in [5.41, 5.74) is 6.65. The Hall–Kier alpha value is -3.37. The second-order valence-corrected chi connectivity index (χ2v) is 9.20. The molecule has 0 saturated carbocycles. The van der Waals surface area contributed by atoms with Crippen LogP contribution in [0.1, 0.15) is 28.4 Å². The van der Waals surface area contributed by atoms with Crippen molar-refractivity contribution >= 4 is 34.1 Å². The third-order valence-electron chi connectivity index (χ3n) is 6.74. The number of carbonyl (C=O) groups excluding carboxylic acids is 1. The van der Waals surface area contributed by atoms with Crippen LogP contribution >= 0.6 is 11.6 Å². The maximum atomic E-state index is 13.8. The summed E-state index contributed by atoms with van der Waals surface area (Å²) in [6.45, 7) is 7.11. The van der Waals surface area contributed by atoms with Crippen molar-refractivity contribution in [2.75, 3.05) is 31.1 Å². The zero-order valence-electron chi connectivity index (χ0n) is 19.6. The first-order valence-corrected chi connectivity index (χ1v) is 12.2. The SMILES string of the molecule is CCc1ccc(-c2cc(C(=O)N3CCN(c4ccccc4)CC3)c3ccc(Cl)c(C)c3n2)cc1. The molecule has 172 valence electrons. The molecule has 0 bridgehead atoms. The minimum atomic E-state index is 0.0493. The molecule has 0 N–H and O–H groups in total. The maximum absolute atomic E-state index is 13.8. The van der Waals surface area contributed by atoms with Gasteiger partial charge in [0.15, 0.2) is 0 Å². The van der Waals surface area contributed by atoms with Crippen molar-refractivity contribution in [3.05, 3.63) is 94.5 Å². The fraction of sp³-hybridized carbons (Fsp3) is 0.241. The fourth-order valence-electron chi connectivity index (χ4n) is 4.62. The monoisotopic (exact) mass is 469 g/mol. The van der Waals surface area contributed by atoms with Crippen molar-refractivity contribution in [1.29, 1.82) is 0 Å². The highest BCUT2D eigenvalue weighted by atomic mass is 35.5. The van der Waals surface area contributed by atoms with Gasteiger partial charge in [-0.15, -0.1) is 0 Å². The van der Waals surface area contributed by atoms with E-state index < -0.39 is 0 Å². The summed E-state index contributed by atoms with van der Waals surface area (Å²) in [5, 5.41) is 1.51. The van der Waals surface area contributed by atoms with Crippen molar-refractivity contribution < 1.29 is 4.79 Å². The first-order chi connectivity index (χ1) is 16.5. The van der Waals surface area contributed by atoms with Gasteiger partial charge in [0.1, 0.15) is 0 Å². The highest BCUT2D eigenvalue weighted by Crippen LogP contribution is 2.31. The van der Waals surface area contributed by atoms with Crippen LogP contribution in [-0.2, 0) is 6.42 Å². The Kier molecular flexibility index (Phi) is 6.25. The highest BCUT2D eigenvalue weighted by Gasteiger charge is 2.25. The molecule has 2 heterocycles. The van der Waals surface area contributed by atoms with Crippen molar-refractivity contribution in [3.8, 4) is 11.3 Å². The van der Waals surface area contributed by atoms with Gasteiger partial charge in [0.2, 0.25) is 0 Å². The van der Waals surface area contributed by atoms with E-state index in [1.54, 1.807) is 0 Å². The van der Waals surface area contributed by atoms with E-state index in [1.807, 2.05) is 36.1 Å². The number of para-hydroxylation sites is 1. The predicted octanol–water partition coefficient (Wildman–Crippen LogP) is 6.39. The van der Waals surface area contributed by atoms with Crippen LogP contribution in [0.2, 0.25) is 5.02 Å². The standard InChI is InChI=1S/C29H28ClN3O/c1-3-21-9-11-22(12-10-21)27-19-25(24-13-14-26(30)20(2)28(24)31-27)29(34)33-17-15-32(16-18-33)23-7-5-4-6-8-23/h4-14,19H,3,15-18H2,1-2H3. The molecule has 1 saturated heterocycles. The van der Waals surface area contributed by atoms with Gasteiger partial charge in [-0.1, -0.05) is 67.1 Å².